The molecule has 0 amide bonds. The maximum absolute atomic E-state index is 10.8. The second-order valence-electron chi connectivity index (χ2n) is 3.95. The molecule has 0 bridgehead atoms. The van der Waals surface area contributed by atoms with Gasteiger partial charge in [0.05, 0.1) is 4.92 Å². The Morgan fingerprint density at radius 1 is 1.29 bits per heavy atom. The summed E-state index contributed by atoms with van der Waals surface area (Å²) in [5.41, 5.74) is 0.963. The fraction of sp³-hybridized carbons (Fsp3) is 0.417. The molecule has 17 heavy (non-hydrogen) atoms. The van der Waals surface area contributed by atoms with Crippen LogP contribution in [0.2, 0.25) is 0 Å². The van der Waals surface area contributed by atoms with E-state index >= 15 is 0 Å². The van der Waals surface area contributed by atoms with Crippen molar-refractivity contribution >= 4 is 11.7 Å². The van der Waals surface area contributed by atoms with Gasteiger partial charge in [0.1, 0.15) is 6.10 Å². The lowest BCUT2D eigenvalue weighted by atomic mass is 9.96. The van der Waals surface area contributed by atoms with Crippen LogP contribution in [0.1, 0.15) is 32.3 Å². The van der Waals surface area contributed by atoms with Crippen molar-refractivity contribution in [3.63, 3.8) is 0 Å². The second kappa shape index (κ2) is 5.43. The minimum Gasteiger partial charge on any atom is -0.462 e. The molecule has 0 aliphatic rings. The molecule has 0 unspecified atom stereocenters. The molecular weight excluding hydrogens is 222 g/mol. The molecule has 0 N–H and O–H groups in total. The lowest BCUT2D eigenvalue weighted by molar-refractivity contribution is -0.384. The van der Waals surface area contributed by atoms with Crippen molar-refractivity contribution < 1.29 is 14.5 Å². The van der Waals surface area contributed by atoms with Gasteiger partial charge in [-0.3, -0.25) is 14.9 Å². The van der Waals surface area contributed by atoms with E-state index in [0.29, 0.717) is 0 Å². The number of nitrogens with zero attached hydrogens (tertiary/aromatic N) is 1. The summed E-state index contributed by atoms with van der Waals surface area (Å²) >= 11 is 0. The zero-order chi connectivity index (χ0) is 13.0. The Balaban J connectivity index is 2.78. The lowest BCUT2D eigenvalue weighted by Gasteiger charge is -2.19. The molecule has 1 aromatic rings. The summed E-state index contributed by atoms with van der Waals surface area (Å²) in [5.74, 6) is -0.328. The van der Waals surface area contributed by atoms with Crippen molar-refractivity contribution in [3.05, 3.63) is 39.9 Å². The molecule has 5 heteroatoms. The van der Waals surface area contributed by atoms with Gasteiger partial charge < -0.3 is 4.74 Å². The predicted molar refractivity (Wildman–Crippen MR) is 62.7 cm³/mol. The molecule has 1 aromatic carbocycles. The Morgan fingerprint density at radius 2 is 1.82 bits per heavy atom. The van der Waals surface area contributed by atoms with Crippen LogP contribution >= 0.6 is 0 Å². The van der Waals surface area contributed by atoms with Crippen molar-refractivity contribution in [2.24, 2.45) is 0 Å². The van der Waals surface area contributed by atoms with Crippen LogP contribution in [0, 0.1) is 10.1 Å². The Kier molecular flexibility index (Phi) is 4.20. The number of benzene rings is 1. The first-order valence-corrected chi connectivity index (χ1v) is 5.33. The van der Waals surface area contributed by atoms with Crippen LogP contribution in [0.4, 0.5) is 5.69 Å². The van der Waals surface area contributed by atoms with E-state index in [4.69, 9.17) is 4.74 Å². The third-order valence-electron chi connectivity index (χ3n) is 2.69. The monoisotopic (exact) mass is 237 g/mol. The quantitative estimate of drug-likeness (QED) is 0.458. The maximum atomic E-state index is 10.8. The first kappa shape index (κ1) is 13.2. The van der Waals surface area contributed by atoms with Crippen molar-refractivity contribution in [3.8, 4) is 0 Å². The Hall–Kier alpha value is -1.91. The van der Waals surface area contributed by atoms with Gasteiger partial charge in [-0.1, -0.05) is 19.1 Å². The fourth-order valence-electron chi connectivity index (χ4n) is 1.53. The number of hydrogen-bond donors (Lipinski definition) is 0. The molecule has 0 aliphatic heterocycles. The zero-order valence-electron chi connectivity index (χ0n) is 10.0. The van der Waals surface area contributed by atoms with E-state index in [1.54, 1.807) is 19.1 Å². The van der Waals surface area contributed by atoms with Crippen molar-refractivity contribution in [2.45, 2.75) is 32.8 Å². The normalized spacial score (nSPS) is 13.8. The molecule has 0 saturated carbocycles. The molecule has 0 fully saturated rings. The summed E-state index contributed by atoms with van der Waals surface area (Å²) < 4.78 is 5.07. The Labute approximate surface area is 99.5 Å². The molecular formula is C12H15NO4. The van der Waals surface area contributed by atoms with Gasteiger partial charge in [-0.05, 0) is 12.5 Å². The largest absolute Gasteiger partial charge is 0.462 e. The van der Waals surface area contributed by atoms with Crippen LogP contribution in [0.5, 0.6) is 0 Å². The number of hydrogen-bond acceptors (Lipinski definition) is 4. The van der Waals surface area contributed by atoms with Gasteiger partial charge in [-0.15, -0.1) is 0 Å². The molecule has 2 atom stereocenters. The average Bonchev–Trinajstić information content (AvgIpc) is 2.27. The van der Waals surface area contributed by atoms with E-state index in [-0.39, 0.29) is 23.7 Å². The SMILES string of the molecule is CC(=O)O[C@H](C)[C@@H](C)c1ccc([N+](=O)[O-])cc1. The molecule has 92 valence electrons. The molecule has 0 aromatic heterocycles. The Morgan fingerprint density at radius 3 is 2.24 bits per heavy atom. The Bertz CT molecular complexity index is 413. The van der Waals surface area contributed by atoms with E-state index in [1.807, 2.05) is 6.92 Å². The first-order chi connectivity index (χ1) is 7.91. The standard InChI is InChI=1S/C12H15NO4/c1-8(9(2)17-10(3)14)11-4-6-12(7-5-11)13(15)16/h4-9H,1-3H3/t8-,9-/m1/s1. The van der Waals surface area contributed by atoms with Gasteiger partial charge in [0.15, 0.2) is 0 Å². The number of carbonyl (C=O) groups is 1. The van der Waals surface area contributed by atoms with Gasteiger partial charge in [0.25, 0.3) is 5.69 Å². The summed E-state index contributed by atoms with van der Waals surface area (Å²) in [7, 11) is 0. The molecule has 0 aliphatic carbocycles. The van der Waals surface area contributed by atoms with Gasteiger partial charge in [-0.25, -0.2) is 0 Å². The maximum Gasteiger partial charge on any atom is 0.302 e. The van der Waals surface area contributed by atoms with Crippen LogP contribution in [-0.4, -0.2) is 17.0 Å². The van der Waals surface area contributed by atoms with Crippen molar-refractivity contribution in [2.75, 3.05) is 0 Å². The van der Waals surface area contributed by atoms with Crippen LogP contribution in [0.15, 0.2) is 24.3 Å². The second-order valence-corrected chi connectivity index (χ2v) is 3.95. The summed E-state index contributed by atoms with van der Waals surface area (Å²) in [4.78, 5) is 20.9. The molecule has 0 heterocycles. The van der Waals surface area contributed by atoms with Crippen LogP contribution in [0.25, 0.3) is 0 Å². The molecule has 0 spiro atoms. The molecule has 0 radical (unpaired) electrons. The number of esters is 1. The number of non-ortho nitro benzene ring substituents is 1. The fourth-order valence-corrected chi connectivity index (χ4v) is 1.53. The minimum absolute atomic E-state index is 0.000274. The van der Waals surface area contributed by atoms with Gasteiger partial charge in [-0.2, -0.15) is 0 Å². The van der Waals surface area contributed by atoms with Gasteiger partial charge in [0.2, 0.25) is 0 Å². The first-order valence-electron chi connectivity index (χ1n) is 5.33. The van der Waals surface area contributed by atoms with Crippen LogP contribution in [0.3, 0.4) is 0 Å². The predicted octanol–water partition coefficient (Wildman–Crippen LogP) is 2.65. The smallest absolute Gasteiger partial charge is 0.302 e. The average molecular weight is 237 g/mol. The third-order valence-corrected chi connectivity index (χ3v) is 2.69. The highest BCUT2D eigenvalue weighted by Gasteiger charge is 2.17. The van der Waals surface area contributed by atoms with E-state index in [1.165, 1.54) is 19.1 Å². The van der Waals surface area contributed by atoms with Gasteiger partial charge in [0, 0.05) is 25.0 Å². The van der Waals surface area contributed by atoms with E-state index in [9.17, 15) is 14.9 Å². The lowest BCUT2D eigenvalue weighted by Crippen LogP contribution is -2.19. The third kappa shape index (κ3) is 3.55. The molecule has 1 rings (SSSR count). The highest BCUT2D eigenvalue weighted by atomic mass is 16.6. The summed E-state index contributed by atoms with van der Waals surface area (Å²) in [6, 6.07) is 6.27. The van der Waals surface area contributed by atoms with Crippen molar-refractivity contribution in [1.82, 2.24) is 0 Å². The summed E-state index contributed by atoms with van der Waals surface area (Å²) in [5, 5.41) is 10.5. The van der Waals surface area contributed by atoms with Crippen LogP contribution in [-0.2, 0) is 9.53 Å². The van der Waals surface area contributed by atoms with Gasteiger partial charge >= 0.3 is 5.97 Å². The topological polar surface area (TPSA) is 69.4 Å². The highest BCUT2D eigenvalue weighted by molar-refractivity contribution is 5.66. The van der Waals surface area contributed by atoms with E-state index in [2.05, 4.69) is 0 Å². The summed E-state index contributed by atoms with van der Waals surface area (Å²) in [6.07, 6.45) is -0.256. The number of ether oxygens (including phenoxy) is 1. The van der Waals surface area contributed by atoms with Crippen molar-refractivity contribution in [1.29, 1.82) is 0 Å². The van der Waals surface area contributed by atoms with E-state index < -0.39 is 4.92 Å². The highest BCUT2D eigenvalue weighted by Crippen LogP contribution is 2.23. The molecule has 0 saturated heterocycles. The number of nitro benzene ring substituents is 1. The number of carbonyl (C=O) groups excluding carboxylic acids is 1. The minimum atomic E-state index is -0.441. The molecule has 5 nitrogen and oxygen atoms in total. The summed E-state index contributed by atoms with van der Waals surface area (Å²) in [6.45, 7) is 5.07. The zero-order valence-corrected chi connectivity index (χ0v) is 10.0. The number of rotatable bonds is 4. The van der Waals surface area contributed by atoms with Crippen LogP contribution < -0.4 is 0 Å². The number of nitro groups is 1. The van der Waals surface area contributed by atoms with E-state index in [0.717, 1.165) is 5.56 Å².